The van der Waals surface area contributed by atoms with Crippen molar-refractivity contribution in [3.8, 4) is 0 Å². The minimum atomic E-state index is -1.52. The second kappa shape index (κ2) is 55.5. The Morgan fingerprint density at radius 1 is 0.425 bits per heavy atom. The van der Waals surface area contributed by atoms with Gasteiger partial charge in [-0.3, -0.25) is 9.59 Å². The highest BCUT2D eigenvalue weighted by Crippen LogP contribution is 2.17. The van der Waals surface area contributed by atoms with E-state index < -0.39 is 24.3 Å². The number of likely N-dealkylation sites (N-methyl/N-ethyl adjacent to an activating group) is 1. The number of nitrogens with zero attached hydrogens (tertiary/aromatic N) is 1. The smallest absolute Gasteiger partial charge is 0.361 e. The molecule has 0 radical (unpaired) electrons. The van der Waals surface area contributed by atoms with Gasteiger partial charge < -0.3 is 28.5 Å². The fraction of sp³-hybridized carbons (Fsp3) is 0.828. The van der Waals surface area contributed by atoms with Gasteiger partial charge >= 0.3 is 17.9 Å². The van der Waals surface area contributed by atoms with Crippen molar-refractivity contribution >= 4 is 17.9 Å². The Bertz CT molecular complexity index is 1340. The van der Waals surface area contributed by atoms with E-state index in [1.165, 1.54) is 193 Å². The molecule has 9 nitrogen and oxygen atoms in total. The van der Waals surface area contributed by atoms with Crippen molar-refractivity contribution in [1.29, 1.82) is 0 Å². The molecule has 0 amide bonds. The van der Waals surface area contributed by atoms with Crippen LogP contribution >= 0.6 is 0 Å². The van der Waals surface area contributed by atoms with E-state index in [2.05, 4.69) is 62.5 Å². The lowest BCUT2D eigenvalue weighted by Crippen LogP contribution is -2.40. The molecule has 0 aromatic rings. The summed E-state index contributed by atoms with van der Waals surface area (Å²) in [5.41, 5.74) is 0. The summed E-state index contributed by atoms with van der Waals surface area (Å²) in [5.74, 6) is -2.04. The molecule has 0 aliphatic carbocycles. The van der Waals surface area contributed by atoms with Crippen molar-refractivity contribution in [2.75, 3.05) is 47.5 Å². The molecule has 0 aromatic heterocycles. The number of allylic oxidation sites excluding steroid dienone is 8. The molecule has 0 aromatic carbocycles. The predicted octanol–water partition coefficient (Wildman–Crippen LogP) is 18.2. The fourth-order valence-corrected chi connectivity index (χ4v) is 8.85. The first-order valence-corrected chi connectivity index (χ1v) is 30.8. The molecular formula is C64H118NO8+. The Balaban J connectivity index is 3.97. The number of aliphatic carboxylic acids is 1. The van der Waals surface area contributed by atoms with Crippen LogP contribution in [0.5, 0.6) is 0 Å². The number of rotatable bonds is 57. The third-order valence-electron chi connectivity index (χ3n) is 13.6. The van der Waals surface area contributed by atoms with Gasteiger partial charge in [0.1, 0.15) is 13.2 Å². The molecule has 426 valence electrons. The second-order valence-electron chi connectivity index (χ2n) is 22.0. The first-order valence-electron chi connectivity index (χ1n) is 30.8. The van der Waals surface area contributed by atoms with Crippen molar-refractivity contribution in [3.05, 3.63) is 48.6 Å². The maximum atomic E-state index is 12.8. The molecule has 9 heteroatoms. The van der Waals surface area contributed by atoms with Crippen LogP contribution in [0, 0.1) is 0 Å². The van der Waals surface area contributed by atoms with E-state index in [-0.39, 0.29) is 32.2 Å². The molecule has 0 aliphatic heterocycles. The number of quaternary nitrogens is 1. The number of carboxylic acid groups (broad SMARTS) is 1. The summed E-state index contributed by atoms with van der Waals surface area (Å²) in [6.45, 7) is 4.75. The van der Waals surface area contributed by atoms with Crippen molar-refractivity contribution in [1.82, 2.24) is 0 Å². The third-order valence-corrected chi connectivity index (χ3v) is 13.6. The van der Waals surface area contributed by atoms with Crippen LogP contribution in [-0.2, 0) is 33.3 Å². The Morgan fingerprint density at radius 2 is 0.781 bits per heavy atom. The van der Waals surface area contributed by atoms with E-state index in [0.717, 1.165) is 57.8 Å². The summed E-state index contributed by atoms with van der Waals surface area (Å²) in [4.78, 5) is 37.3. The van der Waals surface area contributed by atoms with Crippen LogP contribution in [0.1, 0.15) is 284 Å². The first kappa shape index (κ1) is 70.2. The highest BCUT2D eigenvalue weighted by molar-refractivity contribution is 5.71. The lowest BCUT2D eigenvalue weighted by Gasteiger charge is -2.25. The molecule has 0 spiro atoms. The highest BCUT2D eigenvalue weighted by Gasteiger charge is 2.25. The predicted molar refractivity (Wildman–Crippen MR) is 309 cm³/mol. The minimum Gasteiger partial charge on any atom is -0.477 e. The molecule has 0 saturated heterocycles. The maximum Gasteiger partial charge on any atom is 0.361 e. The quantitative estimate of drug-likeness (QED) is 0.0211. The van der Waals surface area contributed by atoms with Crippen molar-refractivity contribution in [2.24, 2.45) is 0 Å². The van der Waals surface area contributed by atoms with Crippen LogP contribution in [-0.4, -0.2) is 87.4 Å². The Morgan fingerprint density at radius 3 is 1.19 bits per heavy atom. The van der Waals surface area contributed by atoms with Crippen LogP contribution in [0.3, 0.4) is 0 Å². The van der Waals surface area contributed by atoms with Gasteiger partial charge in [-0.05, 0) is 70.6 Å². The molecule has 0 aliphatic rings. The number of carboxylic acids is 1. The van der Waals surface area contributed by atoms with E-state index >= 15 is 0 Å². The van der Waals surface area contributed by atoms with Crippen molar-refractivity contribution in [3.63, 3.8) is 0 Å². The molecule has 0 fully saturated rings. The van der Waals surface area contributed by atoms with Gasteiger partial charge in [0.2, 0.25) is 0 Å². The molecule has 0 bridgehead atoms. The van der Waals surface area contributed by atoms with Gasteiger partial charge in [0.05, 0.1) is 34.4 Å². The zero-order valence-corrected chi connectivity index (χ0v) is 48.6. The minimum absolute atomic E-state index is 0.182. The largest absolute Gasteiger partial charge is 0.477 e. The van der Waals surface area contributed by atoms with Crippen LogP contribution in [0.2, 0.25) is 0 Å². The van der Waals surface area contributed by atoms with Crippen molar-refractivity contribution in [2.45, 2.75) is 296 Å². The van der Waals surface area contributed by atoms with Gasteiger partial charge in [-0.1, -0.05) is 249 Å². The van der Waals surface area contributed by atoms with Crippen molar-refractivity contribution < 1.29 is 42.9 Å². The zero-order chi connectivity index (χ0) is 53.4. The summed E-state index contributed by atoms with van der Waals surface area (Å²) < 4.78 is 22.8. The summed E-state index contributed by atoms with van der Waals surface area (Å²) in [5, 5.41) is 9.68. The van der Waals surface area contributed by atoms with Gasteiger partial charge in [0.25, 0.3) is 6.29 Å². The summed E-state index contributed by atoms with van der Waals surface area (Å²) in [6, 6.07) is 0. The molecule has 2 unspecified atom stereocenters. The van der Waals surface area contributed by atoms with Crippen LogP contribution in [0.25, 0.3) is 0 Å². The number of hydrogen-bond donors (Lipinski definition) is 1. The number of carbonyl (C=O) groups excluding carboxylic acids is 2. The van der Waals surface area contributed by atoms with Gasteiger partial charge in [-0.15, -0.1) is 0 Å². The third kappa shape index (κ3) is 56.8. The number of carbonyl (C=O) groups is 3. The number of esters is 2. The SMILES string of the molecule is CC/C=C\C/C=C\C/C=C\CCCCCC(=O)OC(COC(=O)CCCCCCCCCCCCCCCCCCCCCCCCC/C=C\CCCCCCCCCC)COC(OCC[N+](C)(C)C)C(=O)O. The molecule has 0 heterocycles. The summed E-state index contributed by atoms with van der Waals surface area (Å²) in [6.07, 6.45) is 66.7. The Hall–Kier alpha value is -2.75. The second-order valence-corrected chi connectivity index (χ2v) is 22.0. The molecule has 1 N–H and O–H groups in total. The number of ether oxygens (including phenoxy) is 4. The highest BCUT2D eigenvalue weighted by atomic mass is 16.7. The van der Waals surface area contributed by atoms with Gasteiger partial charge in [-0.2, -0.15) is 0 Å². The zero-order valence-electron chi connectivity index (χ0n) is 48.6. The average molecular weight is 1030 g/mol. The normalized spacial score (nSPS) is 13.1. The van der Waals surface area contributed by atoms with Crippen LogP contribution < -0.4 is 0 Å². The monoisotopic (exact) mass is 1030 g/mol. The van der Waals surface area contributed by atoms with E-state index in [1.54, 1.807) is 0 Å². The standard InChI is InChI=1S/C64H117NO8/c1-6-8-10-12-14-16-18-20-21-22-23-24-25-26-27-28-29-30-31-32-33-34-35-36-37-38-39-40-41-43-44-46-48-50-52-54-61(66)71-58-60(59-72-64(63(68)69)70-57-56-65(3,4)5)73-62(67)55-53-51-49-47-45-42-19-17-15-13-11-9-7-2/h9,11,15,17,22-23,42,45,60,64H,6-8,10,12-14,16,18-21,24-41,43-44,46-59H2,1-5H3/p+1/b11-9-,17-15-,23-22-,45-42-. The van der Waals surface area contributed by atoms with Gasteiger partial charge in [0.15, 0.2) is 6.10 Å². The fourth-order valence-electron chi connectivity index (χ4n) is 8.85. The van der Waals surface area contributed by atoms with E-state index in [0.29, 0.717) is 23.9 Å². The summed E-state index contributed by atoms with van der Waals surface area (Å²) >= 11 is 0. The Kier molecular flexibility index (Phi) is 53.4. The van der Waals surface area contributed by atoms with E-state index in [1.807, 2.05) is 21.1 Å². The van der Waals surface area contributed by atoms with Gasteiger partial charge in [0, 0.05) is 12.8 Å². The topological polar surface area (TPSA) is 108 Å². The van der Waals surface area contributed by atoms with E-state index in [4.69, 9.17) is 18.9 Å². The van der Waals surface area contributed by atoms with Gasteiger partial charge in [-0.25, -0.2) is 4.79 Å². The average Bonchev–Trinajstić information content (AvgIpc) is 3.36. The lowest BCUT2D eigenvalue weighted by atomic mass is 10.0. The number of unbranched alkanes of at least 4 members (excludes halogenated alkanes) is 34. The molecule has 0 rings (SSSR count). The van der Waals surface area contributed by atoms with Crippen LogP contribution in [0.4, 0.5) is 0 Å². The molecule has 2 atom stereocenters. The van der Waals surface area contributed by atoms with Crippen LogP contribution in [0.15, 0.2) is 48.6 Å². The van der Waals surface area contributed by atoms with E-state index in [9.17, 15) is 19.5 Å². The molecular weight excluding hydrogens is 911 g/mol. The maximum absolute atomic E-state index is 12.8. The molecule has 0 saturated carbocycles. The molecule has 73 heavy (non-hydrogen) atoms. The lowest BCUT2D eigenvalue weighted by molar-refractivity contribution is -0.870. The first-order chi connectivity index (χ1) is 35.6. The summed E-state index contributed by atoms with van der Waals surface area (Å²) in [7, 11) is 5.96. The Labute approximate surface area is 451 Å². The number of hydrogen-bond acceptors (Lipinski definition) is 7.